The molecule has 0 radical (unpaired) electrons. The highest BCUT2D eigenvalue weighted by atomic mass is 16.3. The number of hydrogen-bond donors (Lipinski definition) is 0. The highest BCUT2D eigenvalue weighted by molar-refractivity contribution is 6.17. The van der Waals surface area contributed by atoms with E-state index in [4.69, 9.17) is 4.42 Å². The number of aromatic nitrogens is 1. The van der Waals surface area contributed by atoms with Crippen LogP contribution in [0.4, 0.5) is 17.1 Å². The number of benzene rings is 10. The fourth-order valence-electron chi connectivity index (χ4n) is 9.67. The van der Waals surface area contributed by atoms with E-state index in [1.54, 1.807) is 0 Å². The summed E-state index contributed by atoms with van der Waals surface area (Å²) in [6, 6.07) is 87.2. The quantitative estimate of drug-likeness (QED) is 0.153. The van der Waals surface area contributed by atoms with Crippen LogP contribution in [0.3, 0.4) is 0 Å². The molecule has 0 N–H and O–H groups in total. The van der Waals surface area contributed by atoms with Gasteiger partial charge in [-0.1, -0.05) is 188 Å². The summed E-state index contributed by atoms with van der Waals surface area (Å²) in [5.41, 5.74) is 17.6. The van der Waals surface area contributed by atoms with E-state index in [-0.39, 0.29) is 0 Å². The first-order valence-electron chi connectivity index (χ1n) is 21.5. The van der Waals surface area contributed by atoms with Gasteiger partial charge in [0.05, 0.1) is 22.4 Å². The summed E-state index contributed by atoms with van der Waals surface area (Å²) in [6.07, 6.45) is 0. The van der Waals surface area contributed by atoms with Gasteiger partial charge in [-0.3, -0.25) is 0 Å². The molecule has 10 aromatic carbocycles. The van der Waals surface area contributed by atoms with Gasteiger partial charge in [-0.2, -0.15) is 0 Å². The predicted octanol–water partition coefficient (Wildman–Crippen LogP) is 16.8. The maximum Gasteiger partial charge on any atom is 0.143 e. The highest BCUT2D eigenvalue weighted by Gasteiger charge is 2.25. The third kappa shape index (κ3) is 6.13. The number of nitrogens with zero attached hydrogens (tertiary/aromatic N) is 2. The van der Waals surface area contributed by atoms with Crippen LogP contribution in [0.1, 0.15) is 0 Å². The first kappa shape index (κ1) is 36.5. The molecule has 0 amide bonds. The van der Waals surface area contributed by atoms with Crippen LogP contribution in [0.15, 0.2) is 247 Å². The van der Waals surface area contributed by atoms with Crippen molar-refractivity contribution in [2.45, 2.75) is 0 Å². The van der Waals surface area contributed by atoms with Crippen molar-refractivity contribution in [3.63, 3.8) is 0 Å². The van der Waals surface area contributed by atoms with Gasteiger partial charge in [0, 0.05) is 44.0 Å². The molecule has 3 heteroatoms. The molecule has 0 spiro atoms. The molecule has 12 rings (SSSR count). The summed E-state index contributed by atoms with van der Waals surface area (Å²) in [6.45, 7) is 0. The van der Waals surface area contributed by atoms with E-state index < -0.39 is 0 Å². The summed E-state index contributed by atoms with van der Waals surface area (Å²) in [5, 5.41) is 4.60. The van der Waals surface area contributed by atoms with Crippen molar-refractivity contribution in [1.29, 1.82) is 0 Å². The molecule has 63 heavy (non-hydrogen) atoms. The number of rotatable bonds is 8. The lowest BCUT2D eigenvalue weighted by molar-refractivity contribution is 0.670. The zero-order valence-corrected chi connectivity index (χ0v) is 34.4. The van der Waals surface area contributed by atoms with Crippen molar-refractivity contribution in [2.24, 2.45) is 0 Å². The maximum absolute atomic E-state index is 6.62. The van der Waals surface area contributed by atoms with Crippen LogP contribution >= 0.6 is 0 Å². The Hall–Kier alpha value is -8.40. The summed E-state index contributed by atoms with van der Waals surface area (Å²) in [5.74, 6) is 0. The van der Waals surface area contributed by atoms with Gasteiger partial charge in [0.25, 0.3) is 0 Å². The Morgan fingerprint density at radius 1 is 0.333 bits per heavy atom. The fourth-order valence-corrected chi connectivity index (χ4v) is 9.67. The number of anilines is 3. The number of fused-ring (bicyclic) bond motifs is 6. The molecule has 2 heterocycles. The SMILES string of the molecule is c1ccc(-c2ccccc2-c2ccccc2-c2ccccc2N(c2cccc(-c3cccc4c3oc3ccccc34)c2)c2cccc3c2c2ccccc2n3-c2ccccc2)cc1. The Morgan fingerprint density at radius 2 is 0.857 bits per heavy atom. The second-order valence-corrected chi connectivity index (χ2v) is 16.0. The lowest BCUT2D eigenvalue weighted by Gasteiger charge is -2.29. The van der Waals surface area contributed by atoms with Gasteiger partial charge >= 0.3 is 0 Å². The molecule has 2 aromatic heterocycles. The summed E-state index contributed by atoms with van der Waals surface area (Å²) in [7, 11) is 0. The van der Waals surface area contributed by atoms with Crippen LogP contribution in [0, 0.1) is 0 Å². The number of hydrogen-bond acceptors (Lipinski definition) is 2. The van der Waals surface area contributed by atoms with Crippen LogP contribution in [0.5, 0.6) is 0 Å². The minimum absolute atomic E-state index is 0.889. The molecule has 12 aromatic rings. The molecule has 3 nitrogen and oxygen atoms in total. The van der Waals surface area contributed by atoms with Gasteiger partial charge in [-0.15, -0.1) is 0 Å². The lowest BCUT2D eigenvalue weighted by atomic mass is 9.88. The Kier molecular flexibility index (Phi) is 8.83. The summed E-state index contributed by atoms with van der Waals surface area (Å²) < 4.78 is 9.01. The van der Waals surface area contributed by atoms with Gasteiger partial charge in [-0.05, 0) is 88.0 Å². The van der Waals surface area contributed by atoms with E-state index in [2.05, 4.69) is 246 Å². The molecule has 0 saturated carbocycles. The van der Waals surface area contributed by atoms with E-state index >= 15 is 0 Å². The van der Waals surface area contributed by atoms with Crippen molar-refractivity contribution >= 4 is 60.8 Å². The second-order valence-electron chi connectivity index (χ2n) is 16.0. The van der Waals surface area contributed by atoms with Crippen molar-refractivity contribution in [2.75, 3.05) is 4.90 Å². The average molecular weight is 805 g/mol. The van der Waals surface area contributed by atoms with E-state index in [0.29, 0.717) is 0 Å². The van der Waals surface area contributed by atoms with Crippen molar-refractivity contribution < 1.29 is 4.42 Å². The molecular formula is C60H40N2O. The normalized spacial score (nSPS) is 11.5. The topological polar surface area (TPSA) is 21.3 Å². The number of para-hydroxylation sites is 5. The van der Waals surface area contributed by atoms with Crippen molar-refractivity contribution in [1.82, 2.24) is 4.57 Å². The summed E-state index contributed by atoms with van der Waals surface area (Å²) >= 11 is 0. The predicted molar refractivity (Wildman–Crippen MR) is 264 cm³/mol. The summed E-state index contributed by atoms with van der Waals surface area (Å²) in [4.78, 5) is 2.47. The molecule has 0 aliphatic rings. The third-order valence-electron chi connectivity index (χ3n) is 12.4. The minimum atomic E-state index is 0.889. The Balaban J connectivity index is 1.13. The molecule has 0 saturated heterocycles. The third-order valence-corrected chi connectivity index (χ3v) is 12.4. The fraction of sp³-hybridized carbons (Fsp3) is 0. The van der Waals surface area contributed by atoms with Crippen LogP contribution in [-0.4, -0.2) is 4.57 Å². The van der Waals surface area contributed by atoms with Gasteiger partial charge in [0.2, 0.25) is 0 Å². The lowest BCUT2D eigenvalue weighted by Crippen LogP contribution is -2.12. The molecular weight excluding hydrogens is 765 g/mol. The van der Waals surface area contributed by atoms with Gasteiger partial charge < -0.3 is 13.9 Å². The van der Waals surface area contributed by atoms with E-state index in [9.17, 15) is 0 Å². The first-order chi connectivity index (χ1) is 31.3. The van der Waals surface area contributed by atoms with E-state index in [0.717, 1.165) is 78.0 Å². The largest absolute Gasteiger partial charge is 0.455 e. The van der Waals surface area contributed by atoms with Crippen molar-refractivity contribution in [3.8, 4) is 50.2 Å². The standard InChI is InChI=1S/C60H40N2O/c1-3-20-41(21-4-1)45-26-7-8-27-47(45)48-28-9-10-29-49(48)50-30-11-14-35-54(50)62(44-25-17-22-42(40-44)46-33-18-34-52-51-31-13-16-39-58(51)63-60(46)52)57-38-19-37-56-59(57)53-32-12-15-36-55(53)61(56)43-23-5-2-6-24-43/h1-40H. The molecule has 0 unspecified atom stereocenters. The maximum atomic E-state index is 6.62. The van der Waals surface area contributed by atoms with E-state index in [1.807, 2.05) is 6.07 Å². The average Bonchev–Trinajstić information content (AvgIpc) is 3.92. The molecule has 0 atom stereocenters. The van der Waals surface area contributed by atoms with Gasteiger partial charge in [-0.25, -0.2) is 0 Å². The van der Waals surface area contributed by atoms with Gasteiger partial charge in [0.15, 0.2) is 0 Å². The van der Waals surface area contributed by atoms with Crippen LogP contribution < -0.4 is 4.90 Å². The van der Waals surface area contributed by atoms with Crippen LogP contribution in [0.2, 0.25) is 0 Å². The zero-order valence-electron chi connectivity index (χ0n) is 34.4. The monoisotopic (exact) mass is 804 g/mol. The first-order valence-corrected chi connectivity index (χ1v) is 21.5. The van der Waals surface area contributed by atoms with Crippen LogP contribution in [0.25, 0.3) is 93.9 Å². The Labute approximate surface area is 366 Å². The molecule has 296 valence electrons. The number of furan rings is 1. The van der Waals surface area contributed by atoms with Gasteiger partial charge in [0.1, 0.15) is 11.2 Å². The van der Waals surface area contributed by atoms with Crippen LogP contribution in [-0.2, 0) is 0 Å². The van der Waals surface area contributed by atoms with E-state index in [1.165, 1.54) is 33.0 Å². The molecule has 0 fully saturated rings. The minimum Gasteiger partial charge on any atom is -0.455 e. The molecule has 0 aliphatic heterocycles. The second kappa shape index (κ2) is 15.3. The Bertz CT molecular complexity index is 3640. The smallest absolute Gasteiger partial charge is 0.143 e. The molecule has 0 bridgehead atoms. The molecule has 0 aliphatic carbocycles. The zero-order chi connectivity index (χ0) is 41.7. The van der Waals surface area contributed by atoms with Crippen molar-refractivity contribution in [3.05, 3.63) is 243 Å². The highest BCUT2D eigenvalue weighted by Crippen LogP contribution is 2.49. The Morgan fingerprint density at radius 3 is 1.67 bits per heavy atom.